The van der Waals surface area contributed by atoms with Crippen LogP contribution in [0.5, 0.6) is 0 Å². The lowest BCUT2D eigenvalue weighted by molar-refractivity contribution is -0.205. The summed E-state index contributed by atoms with van der Waals surface area (Å²) in [4.78, 5) is 22.8. The first-order chi connectivity index (χ1) is 8.32. The lowest BCUT2D eigenvalue weighted by Crippen LogP contribution is -2.34. The summed E-state index contributed by atoms with van der Waals surface area (Å²) in [5.74, 6) is 0.664. The van der Waals surface area contributed by atoms with E-state index < -0.39 is 17.9 Å². The molecule has 0 unspecified atom stereocenters. The molecule has 0 fully saturated rings. The Bertz CT molecular complexity index is 414. The monoisotopic (exact) mass is 252 g/mol. The third-order valence-electron chi connectivity index (χ3n) is 2.19. The van der Waals surface area contributed by atoms with Gasteiger partial charge in [-0.05, 0) is 0 Å². The summed E-state index contributed by atoms with van der Waals surface area (Å²) in [5.41, 5.74) is 0. The normalized spacial score (nSPS) is 19.0. The van der Waals surface area contributed by atoms with Gasteiger partial charge in [0.2, 0.25) is 5.79 Å². The Hall–Kier alpha value is -1.80. The van der Waals surface area contributed by atoms with E-state index in [1.807, 2.05) is 0 Å². The first-order valence-corrected chi connectivity index (χ1v) is 5.58. The lowest BCUT2D eigenvalue weighted by Gasteiger charge is -2.30. The zero-order valence-electron chi connectivity index (χ0n) is 10.4. The van der Waals surface area contributed by atoms with E-state index in [0.29, 0.717) is 0 Å². The van der Waals surface area contributed by atoms with E-state index in [9.17, 15) is 14.7 Å². The number of esters is 1. The maximum Gasteiger partial charge on any atom is 0.337 e. The smallest absolute Gasteiger partial charge is 0.337 e. The molecule has 1 aliphatic heterocycles. The van der Waals surface area contributed by atoms with E-state index in [1.165, 1.54) is 0 Å². The minimum atomic E-state index is -1.07. The number of aliphatic hydroxyl groups is 1. The van der Waals surface area contributed by atoms with Gasteiger partial charge in [0.1, 0.15) is 11.5 Å². The molecule has 0 amide bonds. The molecule has 0 aromatic heterocycles. The molecule has 1 rings (SSSR count). The number of hydrogen-bond acceptors (Lipinski definition) is 5. The predicted octanol–water partition coefficient (Wildman–Crippen LogP) is 0.913. The number of carbonyl (C=O) groups is 2. The number of allylic oxidation sites excluding steroid dienone is 1. The maximum atomic E-state index is 11.6. The largest absolute Gasteiger partial charge is 0.456 e. The van der Waals surface area contributed by atoms with Gasteiger partial charge in [-0.25, -0.2) is 4.79 Å². The van der Waals surface area contributed by atoms with Crippen molar-refractivity contribution >= 4 is 11.8 Å². The van der Waals surface area contributed by atoms with Crippen LogP contribution in [0.25, 0.3) is 0 Å². The Balaban J connectivity index is 2.55. The summed E-state index contributed by atoms with van der Waals surface area (Å²) < 4.78 is 10.2. The molecule has 0 saturated carbocycles. The summed E-state index contributed by atoms with van der Waals surface area (Å²) in [6, 6.07) is 0. The SMILES string of the molecule is C#CC[C@@H](O)CC(=O)CC1=CC(=O)OC(C)(C)O1. The van der Waals surface area contributed by atoms with Crippen LogP contribution in [0.4, 0.5) is 0 Å². The van der Waals surface area contributed by atoms with Crippen LogP contribution in [0.2, 0.25) is 0 Å². The van der Waals surface area contributed by atoms with Gasteiger partial charge in [-0.3, -0.25) is 4.79 Å². The van der Waals surface area contributed by atoms with Crippen LogP contribution in [-0.4, -0.2) is 28.8 Å². The van der Waals surface area contributed by atoms with Gasteiger partial charge in [0, 0.05) is 26.7 Å². The van der Waals surface area contributed by atoms with Gasteiger partial charge in [0.15, 0.2) is 0 Å². The first-order valence-electron chi connectivity index (χ1n) is 5.58. The molecule has 98 valence electrons. The van der Waals surface area contributed by atoms with Gasteiger partial charge in [-0.15, -0.1) is 12.3 Å². The molecule has 1 atom stereocenters. The molecule has 0 spiro atoms. The number of cyclic esters (lactones) is 1. The van der Waals surface area contributed by atoms with Crippen molar-refractivity contribution < 1.29 is 24.2 Å². The molecule has 1 N–H and O–H groups in total. The van der Waals surface area contributed by atoms with E-state index in [1.54, 1.807) is 13.8 Å². The van der Waals surface area contributed by atoms with E-state index in [0.717, 1.165) is 6.08 Å². The molecule has 1 aliphatic rings. The summed E-state index contributed by atoms with van der Waals surface area (Å²) in [6.07, 6.45) is 5.32. The highest BCUT2D eigenvalue weighted by Crippen LogP contribution is 2.24. The molecule has 0 aromatic carbocycles. The van der Waals surface area contributed by atoms with E-state index in [-0.39, 0.29) is 30.8 Å². The molecule has 0 aromatic rings. The van der Waals surface area contributed by atoms with Crippen LogP contribution in [0.15, 0.2) is 11.8 Å². The van der Waals surface area contributed by atoms with Gasteiger partial charge in [0.05, 0.1) is 18.6 Å². The van der Waals surface area contributed by atoms with Crippen LogP contribution < -0.4 is 0 Å². The third-order valence-corrected chi connectivity index (χ3v) is 2.19. The zero-order chi connectivity index (χ0) is 13.8. The quantitative estimate of drug-likeness (QED) is 0.581. The first kappa shape index (κ1) is 14.3. The Morgan fingerprint density at radius 2 is 2.22 bits per heavy atom. The topological polar surface area (TPSA) is 72.8 Å². The molecular weight excluding hydrogens is 236 g/mol. The van der Waals surface area contributed by atoms with E-state index in [2.05, 4.69) is 5.92 Å². The Labute approximate surface area is 106 Å². The molecular formula is C13H16O5. The second-order valence-electron chi connectivity index (χ2n) is 4.52. The van der Waals surface area contributed by atoms with Gasteiger partial charge < -0.3 is 14.6 Å². The number of rotatable bonds is 5. The van der Waals surface area contributed by atoms with Crippen LogP contribution in [0.3, 0.4) is 0 Å². The van der Waals surface area contributed by atoms with Crippen LogP contribution in [0, 0.1) is 12.3 Å². The van der Waals surface area contributed by atoms with E-state index >= 15 is 0 Å². The summed E-state index contributed by atoms with van der Waals surface area (Å²) >= 11 is 0. The number of hydrogen-bond donors (Lipinski definition) is 1. The summed E-state index contributed by atoms with van der Waals surface area (Å²) in [5, 5.41) is 9.39. The van der Waals surface area contributed by atoms with E-state index in [4.69, 9.17) is 15.9 Å². The van der Waals surface area contributed by atoms with Crippen molar-refractivity contribution in [3.05, 3.63) is 11.8 Å². The highest BCUT2D eigenvalue weighted by Gasteiger charge is 2.30. The number of terminal acetylenes is 1. The van der Waals surface area contributed by atoms with Crippen LogP contribution >= 0.6 is 0 Å². The Morgan fingerprint density at radius 1 is 1.56 bits per heavy atom. The predicted molar refractivity (Wildman–Crippen MR) is 63.0 cm³/mol. The molecule has 5 nitrogen and oxygen atoms in total. The summed E-state index contributed by atoms with van der Waals surface area (Å²) in [7, 11) is 0. The van der Waals surface area contributed by atoms with Crippen molar-refractivity contribution in [2.75, 3.05) is 0 Å². The number of aliphatic hydroxyl groups excluding tert-OH is 1. The zero-order valence-corrected chi connectivity index (χ0v) is 10.4. The fourth-order valence-corrected chi connectivity index (χ4v) is 1.59. The molecule has 18 heavy (non-hydrogen) atoms. The van der Waals surface area contributed by atoms with Crippen molar-refractivity contribution in [2.45, 2.75) is 45.0 Å². The van der Waals surface area contributed by atoms with Crippen molar-refractivity contribution in [3.8, 4) is 12.3 Å². The Kier molecular flexibility index (Phi) is 4.51. The van der Waals surface area contributed by atoms with Crippen molar-refractivity contribution in [1.82, 2.24) is 0 Å². The average molecular weight is 252 g/mol. The number of ketones is 1. The molecule has 0 bridgehead atoms. The Morgan fingerprint density at radius 3 is 2.78 bits per heavy atom. The van der Waals surface area contributed by atoms with Crippen molar-refractivity contribution in [2.24, 2.45) is 0 Å². The molecule has 0 aliphatic carbocycles. The molecule has 0 saturated heterocycles. The minimum Gasteiger partial charge on any atom is -0.456 e. The molecule has 1 heterocycles. The standard InChI is InChI=1S/C13H16O5/c1-4-5-9(14)6-10(15)7-11-8-12(16)18-13(2,3)17-11/h1,8-9,14H,5-7H2,2-3H3/t9-/m1/s1. The number of carbonyl (C=O) groups excluding carboxylic acids is 2. The maximum absolute atomic E-state index is 11.6. The number of Topliss-reactive ketones (excluding diaryl/α,β-unsaturated/α-hetero) is 1. The second kappa shape index (κ2) is 5.69. The van der Waals surface area contributed by atoms with Gasteiger partial charge in [-0.1, -0.05) is 0 Å². The summed E-state index contributed by atoms with van der Waals surface area (Å²) in [6.45, 7) is 3.16. The fourth-order valence-electron chi connectivity index (χ4n) is 1.59. The highest BCUT2D eigenvalue weighted by atomic mass is 16.7. The molecule has 5 heteroatoms. The van der Waals surface area contributed by atoms with Gasteiger partial charge >= 0.3 is 5.97 Å². The highest BCUT2D eigenvalue weighted by molar-refractivity contribution is 5.86. The van der Waals surface area contributed by atoms with Gasteiger partial charge in [-0.2, -0.15) is 0 Å². The average Bonchev–Trinajstić information content (AvgIpc) is 2.12. The lowest BCUT2D eigenvalue weighted by atomic mass is 10.1. The van der Waals surface area contributed by atoms with Crippen LogP contribution in [-0.2, 0) is 19.1 Å². The van der Waals surface area contributed by atoms with Crippen molar-refractivity contribution in [1.29, 1.82) is 0 Å². The second-order valence-corrected chi connectivity index (χ2v) is 4.52. The van der Waals surface area contributed by atoms with Crippen molar-refractivity contribution in [3.63, 3.8) is 0 Å². The molecule has 0 radical (unpaired) electrons. The third kappa shape index (κ3) is 4.60. The van der Waals surface area contributed by atoms with Gasteiger partial charge in [0.25, 0.3) is 0 Å². The number of ether oxygens (including phenoxy) is 2. The minimum absolute atomic E-state index is 0.0552. The van der Waals surface area contributed by atoms with Crippen LogP contribution in [0.1, 0.15) is 33.1 Å². The fraction of sp³-hybridized carbons (Fsp3) is 0.538.